The number of likely N-dealkylation sites (N-methyl/N-ethyl adjacent to an activating group) is 1. The van der Waals surface area contributed by atoms with Crippen LogP contribution in [0.1, 0.15) is 13.8 Å². The van der Waals surface area contributed by atoms with Crippen LogP contribution >= 0.6 is 22.6 Å². The molecule has 90 valence electrons. The summed E-state index contributed by atoms with van der Waals surface area (Å²) in [6.07, 6.45) is 0. The number of halogens is 1. The fourth-order valence-electron chi connectivity index (χ4n) is 1.14. The summed E-state index contributed by atoms with van der Waals surface area (Å²) < 4.78 is 1.16. The zero-order valence-electron chi connectivity index (χ0n) is 10.3. The van der Waals surface area contributed by atoms with Crippen molar-refractivity contribution in [3.63, 3.8) is 0 Å². The second-order valence-corrected chi connectivity index (χ2v) is 5.96. The van der Waals surface area contributed by atoms with Crippen molar-refractivity contribution >= 4 is 34.0 Å². The number of hydrogen-bond acceptors (Lipinski definition) is 3. The van der Waals surface area contributed by atoms with E-state index in [0.717, 1.165) is 21.5 Å². The molecular weight excluding hydrogens is 313 g/mol. The van der Waals surface area contributed by atoms with E-state index < -0.39 is 0 Å². The van der Waals surface area contributed by atoms with Crippen LogP contribution in [0.25, 0.3) is 0 Å². The summed E-state index contributed by atoms with van der Waals surface area (Å²) in [5, 5.41) is 3.46. The molecule has 4 heteroatoms. The first kappa shape index (κ1) is 13.6. The second-order valence-electron chi connectivity index (χ2n) is 4.80. The van der Waals surface area contributed by atoms with E-state index in [1.54, 1.807) is 0 Å². The maximum Gasteiger partial charge on any atom is 0.0478 e. The molecule has 3 N–H and O–H groups in total. The van der Waals surface area contributed by atoms with Gasteiger partial charge in [-0.05, 0) is 68.7 Å². The lowest BCUT2D eigenvalue weighted by atomic mass is 10.0. The van der Waals surface area contributed by atoms with Crippen molar-refractivity contribution in [3.8, 4) is 0 Å². The van der Waals surface area contributed by atoms with E-state index in [-0.39, 0.29) is 5.54 Å². The van der Waals surface area contributed by atoms with Crippen LogP contribution in [0.15, 0.2) is 18.2 Å². The van der Waals surface area contributed by atoms with E-state index in [2.05, 4.69) is 60.8 Å². The van der Waals surface area contributed by atoms with Crippen LogP contribution in [-0.2, 0) is 0 Å². The topological polar surface area (TPSA) is 41.3 Å². The number of nitrogens with two attached hydrogens (primary N) is 1. The van der Waals surface area contributed by atoms with Crippen molar-refractivity contribution in [3.05, 3.63) is 21.8 Å². The van der Waals surface area contributed by atoms with Crippen LogP contribution in [0.4, 0.5) is 11.4 Å². The molecule has 0 bridgehead atoms. The van der Waals surface area contributed by atoms with Gasteiger partial charge in [0, 0.05) is 27.0 Å². The molecule has 0 atom stereocenters. The van der Waals surface area contributed by atoms with Crippen molar-refractivity contribution in [2.75, 3.05) is 31.7 Å². The molecule has 0 radical (unpaired) electrons. The molecule has 0 saturated heterocycles. The highest BCUT2D eigenvalue weighted by molar-refractivity contribution is 14.1. The Labute approximate surface area is 112 Å². The lowest BCUT2D eigenvalue weighted by Gasteiger charge is -2.33. The zero-order valence-corrected chi connectivity index (χ0v) is 12.5. The molecule has 0 spiro atoms. The fourth-order valence-corrected chi connectivity index (χ4v) is 1.87. The highest BCUT2D eigenvalue weighted by atomic mass is 127. The first-order valence-electron chi connectivity index (χ1n) is 5.29. The summed E-state index contributed by atoms with van der Waals surface area (Å²) in [5.74, 6) is 0. The summed E-state index contributed by atoms with van der Waals surface area (Å²) in [5.41, 5.74) is 7.80. The third-order valence-electron chi connectivity index (χ3n) is 2.92. The first-order valence-corrected chi connectivity index (χ1v) is 6.37. The van der Waals surface area contributed by atoms with Crippen molar-refractivity contribution in [2.24, 2.45) is 0 Å². The predicted octanol–water partition coefficient (Wildman–Crippen LogP) is 2.63. The number of nitrogen functional groups attached to an aromatic ring is 1. The Kier molecular flexibility index (Phi) is 4.43. The molecule has 1 aromatic rings. The van der Waals surface area contributed by atoms with Gasteiger partial charge in [-0.2, -0.15) is 0 Å². The number of nitrogens with zero attached hydrogens (tertiary/aromatic N) is 1. The zero-order chi connectivity index (χ0) is 12.3. The van der Waals surface area contributed by atoms with Gasteiger partial charge in [-0.1, -0.05) is 0 Å². The van der Waals surface area contributed by atoms with Gasteiger partial charge in [0.05, 0.1) is 0 Å². The SMILES string of the molecule is CN(C)C(C)(C)CNc1ccc(N)cc1I. The Hall–Kier alpha value is -0.490. The molecular formula is C12H20IN3. The third-order valence-corrected chi connectivity index (χ3v) is 3.81. The second kappa shape index (κ2) is 5.23. The van der Waals surface area contributed by atoms with Gasteiger partial charge in [-0.25, -0.2) is 0 Å². The average molecular weight is 333 g/mol. The van der Waals surface area contributed by atoms with Crippen LogP contribution in [0.2, 0.25) is 0 Å². The van der Waals surface area contributed by atoms with Gasteiger partial charge < -0.3 is 16.0 Å². The quantitative estimate of drug-likeness (QED) is 0.657. The van der Waals surface area contributed by atoms with Crippen LogP contribution in [0.5, 0.6) is 0 Å². The van der Waals surface area contributed by atoms with Crippen molar-refractivity contribution in [1.82, 2.24) is 4.90 Å². The van der Waals surface area contributed by atoms with E-state index in [9.17, 15) is 0 Å². The highest BCUT2D eigenvalue weighted by Gasteiger charge is 2.20. The van der Waals surface area contributed by atoms with Gasteiger partial charge in [0.2, 0.25) is 0 Å². The minimum atomic E-state index is 0.129. The number of nitrogens with one attached hydrogen (secondary N) is 1. The monoisotopic (exact) mass is 333 g/mol. The molecule has 1 rings (SSSR count). The maximum atomic E-state index is 5.72. The summed E-state index contributed by atoms with van der Waals surface area (Å²) in [4.78, 5) is 2.21. The van der Waals surface area contributed by atoms with E-state index in [1.165, 1.54) is 0 Å². The average Bonchev–Trinajstić information content (AvgIpc) is 2.16. The van der Waals surface area contributed by atoms with Crippen molar-refractivity contribution in [1.29, 1.82) is 0 Å². The van der Waals surface area contributed by atoms with Crippen LogP contribution in [-0.4, -0.2) is 31.1 Å². The smallest absolute Gasteiger partial charge is 0.0478 e. The minimum absolute atomic E-state index is 0.129. The first-order chi connectivity index (χ1) is 7.33. The number of rotatable bonds is 4. The van der Waals surface area contributed by atoms with Gasteiger partial charge in [0.1, 0.15) is 0 Å². The normalized spacial score (nSPS) is 11.9. The summed E-state index contributed by atoms with van der Waals surface area (Å²) in [7, 11) is 4.19. The van der Waals surface area contributed by atoms with E-state index in [1.807, 2.05) is 18.2 Å². The van der Waals surface area contributed by atoms with E-state index >= 15 is 0 Å². The summed E-state index contributed by atoms with van der Waals surface area (Å²) in [6.45, 7) is 5.33. The maximum absolute atomic E-state index is 5.72. The number of anilines is 2. The van der Waals surface area contributed by atoms with Gasteiger partial charge in [-0.15, -0.1) is 0 Å². The Morgan fingerprint density at radius 3 is 2.50 bits per heavy atom. The van der Waals surface area contributed by atoms with Gasteiger partial charge in [0.15, 0.2) is 0 Å². The molecule has 0 aliphatic rings. The number of hydrogen-bond donors (Lipinski definition) is 2. The lowest BCUT2D eigenvalue weighted by Crippen LogP contribution is -2.44. The van der Waals surface area contributed by atoms with Gasteiger partial charge in [0.25, 0.3) is 0 Å². The molecule has 0 amide bonds. The molecule has 0 fully saturated rings. The predicted molar refractivity (Wildman–Crippen MR) is 79.8 cm³/mol. The molecule has 0 aliphatic heterocycles. The van der Waals surface area contributed by atoms with E-state index in [0.29, 0.717) is 0 Å². The van der Waals surface area contributed by atoms with Crippen LogP contribution in [0, 0.1) is 3.57 Å². The van der Waals surface area contributed by atoms with Gasteiger partial charge >= 0.3 is 0 Å². The lowest BCUT2D eigenvalue weighted by molar-refractivity contribution is 0.210. The molecule has 0 unspecified atom stereocenters. The number of benzene rings is 1. The van der Waals surface area contributed by atoms with Crippen molar-refractivity contribution in [2.45, 2.75) is 19.4 Å². The van der Waals surface area contributed by atoms with Crippen molar-refractivity contribution < 1.29 is 0 Å². The standard InChI is InChI=1S/C12H20IN3/c1-12(2,16(3)4)8-15-11-6-5-9(14)7-10(11)13/h5-7,15H,8,14H2,1-4H3. The molecule has 0 heterocycles. The third kappa shape index (κ3) is 3.52. The Bertz CT molecular complexity index is 361. The molecule has 0 aliphatic carbocycles. The Balaban J connectivity index is 2.68. The molecule has 1 aromatic carbocycles. The molecule has 16 heavy (non-hydrogen) atoms. The molecule has 0 aromatic heterocycles. The van der Waals surface area contributed by atoms with Crippen LogP contribution in [0.3, 0.4) is 0 Å². The van der Waals surface area contributed by atoms with Gasteiger partial charge in [-0.3, -0.25) is 0 Å². The molecule has 3 nitrogen and oxygen atoms in total. The minimum Gasteiger partial charge on any atom is -0.399 e. The van der Waals surface area contributed by atoms with E-state index in [4.69, 9.17) is 5.73 Å². The Morgan fingerprint density at radius 1 is 1.38 bits per heavy atom. The molecule has 0 saturated carbocycles. The highest BCUT2D eigenvalue weighted by Crippen LogP contribution is 2.22. The summed E-state index contributed by atoms with van der Waals surface area (Å²) in [6, 6.07) is 5.93. The fraction of sp³-hybridized carbons (Fsp3) is 0.500. The van der Waals surface area contributed by atoms with Crippen LogP contribution < -0.4 is 11.1 Å². The Morgan fingerprint density at radius 2 is 2.00 bits per heavy atom. The summed E-state index contributed by atoms with van der Waals surface area (Å²) >= 11 is 2.30. The largest absolute Gasteiger partial charge is 0.399 e.